The third-order valence-corrected chi connectivity index (χ3v) is 7.68. The topological polar surface area (TPSA) is 116 Å². The third-order valence-electron chi connectivity index (χ3n) is 5.26. The summed E-state index contributed by atoms with van der Waals surface area (Å²) >= 11 is 1.29. The summed E-state index contributed by atoms with van der Waals surface area (Å²) in [6, 6.07) is 17.4. The average molecular weight is 481 g/mol. The van der Waals surface area contributed by atoms with Crippen LogP contribution < -0.4 is 14.8 Å². The lowest BCUT2D eigenvalue weighted by molar-refractivity contribution is 0.371. The van der Waals surface area contributed by atoms with Gasteiger partial charge in [-0.2, -0.15) is 0 Å². The normalized spacial score (nSPS) is 11.7. The Balaban J connectivity index is 1.31. The molecule has 0 aliphatic carbocycles. The van der Waals surface area contributed by atoms with Gasteiger partial charge < -0.3 is 20.1 Å². The van der Waals surface area contributed by atoms with E-state index >= 15 is 0 Å². The van der Waals surface area contributed by atoms with Crippen LogP contribution in [0.4, 0.5) is 10.8 Å². The maximum atomic E-state index is 12.9. The number of phenols is 1. The third kappa shape index (κ3) is 4.06. The lowest BCUT2D eigenvalue weighted by Gasteiger charge is -2.11. The molecule has 8 nitrogen and oxygen atoms in total. The number of nitrogens with zero attached hydrogens (tertiary/aromatic N) is 1. The van der Waals surface area contributed by atoms with Crippen LogP contribution in [0, 0.1) is 0 Å². The fraction of sp³-hybridized carbons (Fsp3) is 0.0870. The smallest absolute Gasteiger partial charge is 0.263 e. The summed E-state index contributed by atoms with van der Waals surface area (Å²) < 4.78 is 34.4. The van der Waals surface area contributed by atoms with Crippen molar-refractivity contribution >= 4 is 53.3 Å². The highest BCUT2D eigenvalue weighted by Crippen LogP contribution is 2.33. The van der Waals surface area contributed by atoms with E-state index < -0.39 is 10.0 Å². The number of benzene rings is 3. The Bertz CT molecular complexity index is 1560. The van der Waals surface area contributed by atoms with Gasteiger partial charge in [-0.05, 0) is 48.5 Å². The number of aromatic hydroxyl groups is 1. The molecule has 5 aromatic rings. The number of H-pyrrole nitrogens is 1. The van der Waals surface area contributed by atoms with Gasteiger partial charge in [0.15, 0.2) is 16.6 Å². The Morgan fingerprint density at radius 3 is 2.70 bits per heavy atom. The number of ether oxygens (including phenoxy) is 1. The van der Waals surface area contributed by atoms with E-state index in [0.29, 0.717) is 28.7 Å². The Hall–Kier alpha value is -3.76. The molecule has 4 N–H and O–H groups in total. The van der Waals surface area contributed by atoms with E-state index in [1.165, 1.54) is 30.6 Å². The maximum Gasteiger partial charge on any atom is 0.263 e. The van der Waals surface area contributed by atoms with E-state index in [4.69, 9.17) is 4.74 Å². The molecule has 0 amide bonds. The molecule has 2 heterocycles. The summed E-state index contributed by atoms with van der Waals surface area (Å²) in [7, 11) is -2.30. The van der Waals surface area contributed by atoms with Gasteiger partial charge in [-0.1, -0.05) is 23.5 Å². The molecule has 0 spiro atoms. The van der Waals surface area contributed by atoms with Gasteiger partial charge in [0.25, 0.3) is 10.0 Å². The van der Waals surface area contributed by atoms with E-state index in [-0.39, 0.29) is 10.6 Å². The van der Waals surface area contributed by atoms with Crippen LogP contribution in [0.25, 0.3) is 21.1 Å². The molecule has 168 valence electrons. The molecular formula is C23H20N4O4S2. The van der Waals surface area contributed by atoms with Gasteiger partial charge in [-0.25, -0.2) is 13.4 Å². The number of aromatic amines is 1. The fourth-order valence-corrected chi connectivity index (χ4v) is 5.68. The van der Waals surface area contributed by atoms with Crippen molar-refractivity contribution in [3.63, 3.8) is 0 Å². The number of para-hydroxylation sites is 1. The molecule has 0 aliphatic rings. The lowest BCUT2D eigenvalue weighted by atomic mass is 10.2. The van der Waals surface area contributed by atoms with Gasteiger partial charge >= 0.3 is 0 Å². The van der Waals surface area contributed by atoms with Crippen LogP contribution in [-0.2, 0) is 16.6 Å². The highest BCUT2D eigenvalue weighted by Gasteiger charge is 2.17. The fourth-order valence-electron chi connectivity index (χ4n) is 3.57. The number of anilines is 2. The van der Waals surface area contributed by atoms with Crippen LogP contribution in [0.2, 0.25) is 0 Å². The molecule has 5 rings (SSSR count). The average Bonchev–Trinajstić information content (AvgIpc) is 3.44. The summed E-state index contributed by atoms with van der Waals surface area (Å²) in [5.41, 5.74) is 3.09. The number of fused-ring (bicyclic) bond motifs is 3. The summed E-state index contributed by atoms with van der Waals surface area (Å²) in [6.07, 6.45) is 1.83. The molecule has 3 aromatic carbocycles. The molecule has 0 unspecified atom stereocenters. The van der Waals surface area contributed by atoms with Crippen molar-refractivity contribution in [2.75, 3.05) is 17.1 Å². The standard InChI is InChI=1S/C23H20N4O4S2/c1-31-19-4-2-3-14(22(19)28)13-25-15-5-7-16(8-6-15)33(29,30)27-23-26-21-17-11-12-24-18(17)9-10-20(21)32-23/h2-12,24-25,28H,13H2,1H3,(H,26,27). The number of hydrogen-bond donors (Lipinski definition) is 4. The van der Waals surface area contributed by atoms with Crippen molar-refractivity contribution in [3.8, 4) is 11.5 Å². The summed E-state index contributed by atoms with van der Waals surface area (Å²) in [5.74, 6) is 0.470. The van der Waals surface area contributed by atoms with Crippen molar-refractivity contribution in [3.05, 3.63) is 72.4 Å². The zero-order chi connectivity index (χ0) is 23.0. The molecular weight excluding hydrogens is 460 g/mol. The minimum absolute atomic E-state index is 0.0728. The van der Waals surface area contributed by atoms with Crippen molar-refractivity contribution in [2.24, 2.45) is 0 Å². The minimum atomic E-state index is -3.79. The first-order valence-corrected chi connectivity index (χ1v) is 12.3. The molecule has 0 atom stereocenters. The summed E-state index contributed by atoms with van der Waals surface area (Å²) in [6.45, 7) is 0.354. The van der Waals surface area contributed by atoms with E-state index in [2.05, 4.69) is 20.0 Å². The number of rotatable bonds is 7. The molecule has 0 bridgehead atoms. The zero-order valence-electron chi connectivity index (χ0n) is 17.5. The second-order valence-electron chi connectivity index (χ2n) is 7.32. The Morgan fingerprint density at radius 2 is 1.91 bits per heavy atom. The number of aromatic nitrogens is 2. The van der Waals surface area contributed by atoms with Crippen LogP contribution >= 0.6 is 11.3 Å². The van der Waals surface area contributed by atoms with E-state index in [1.54, 1.807) is 30.3 Å². The van der Waals surface area contributed by atoms with Gasteiger partial charge in [0, 0.05) is 34.9 Å². The predicted octanol–water partition coefficient (Wildman–Crippen LogP) is 4.90. The Labute approximate surface area is 193 Å². The van der Waals surface area contributed by atoms with Crippen LogP contribution in [0.15, 0.2) is 71.8 Å². The highest BCUT2D eigenvalue weighted by molar-refractivity contribution is 7.93. The molecule has 10 heteroatoms. The van der Waals surface area contributed by atoms with Crippen molar-refractivity contribution < 1.29 is 18.3 Å². The summed E-state index contributed by atoms with van der Waals surface area (Å²) in [5, 5.41) is 14.6. The van der Waals surface area contributed by atoms with Crippen LogP contribution in [0.5, 0.6) is 11.5 Å². The second kappa shape index (κ2) is 8.30. The van der Waals surface area contributed by atoms with E-state index in [9.17, 15) is 13.5 Å². The number of phenolic OH excluding ortho intramolecular Hbond substituents is 1. The predicted molar refractivity (Wildman–Crippen MR) is 131 cm³/mol. The van der Waals surface area contributed by atoms with Crippen molar-refractivity contribution in [1.82, 2.24) is 9.97 Å². The molecule has 0 saturated carbocycles. The summed E-state index contributed by atoms with van der Waals surface area (Å²) in [4.78, 5) is 7.75. The molecule has 0 fully saturated rings. The minimum Gasteiger partial charge on any atom is -0.504 e. The van der Waals surface area contributed by atoms with Crippen LogP contribution in [-0.4, -0.2) is 30.6 Å². The first-order chi connectivity index (χ1) is 15.9. The van der Waals surface area contributed by atoms with E-state index in [1.807, 2.05) is 24.4 Å². The molecule has 2 aromatic heterocycles. The number of hydrogen-bond acceptors (Lipinski definition) is 7. The quantitative estimate of drug-likeness (QED) is 0.263. The van der Waals surface area contributed by atoms with Gasteiger partial charge in [0.1, 0.15) is 0 Å². The van der Waals surface area contributed by atoms with Crippen LogP contribution in [0.3, 0.4) is 0 Å². The van der Waals surface area contributed by atoms with Gasteiger partial charge in [-0.3, -0.25) is 4.72 Å². The SMILES string of the molecule is COc1cccc(CNc2ccc(S(=O)(=O)Nc3nc4c(ccc5[nH]ccc54)s3)cc2)c1O. The molecule has 0 saturated heterocycles. The van der Waals surface area contributed by atoms with Gasteiger partial charge in [0.2, 0.25) is 0 Å². The molecule has 0 radical (unpaired) electrons. The number of methoxy groups -OCH3 is 1. The molecule has 0 aliphatic heterocycles. The largest absolute Gasteiger partial charge is 0.504 e. The van der Waals surface area contributed by atoms with Crippen molar-refractivity contribution in [2.45, 2.75) is 11.4 Å². The first-order valence-electron chi connectivity index (χ1n) is 10.0. The van der Waals surface area contributed by atoms with Gasteiger partial charge in [-0.15, -0.1) is 0 Å². The monoisotopic (exact) mass is 480 g/mol. The highest BCUT2D eigenvalue weighted by atomic mass is 32.2. The van der Waals surface area contributed by atoms with E-state index in [0.717, 1.165) is 21.1 Å². The Morgan fingerprint density at radius 1 is 1.09 bits per heavy atom. The Kier molecular flexibility index (Phi) is 5.31. The van der Waals surface area contributed by atoms with Crippen molar-refractivity contribution in [1.29, 1.82) is 0 Å². The lowest BCUT2D eigenvalue weighted by Crippen LogP contribution is -2.12. The molecule has 33 heavy (non-hydrogen) atoms. The number of nitrogens with one attached hydrogen (secondary N) is 3. The maximum absolute atomic E-state index is 12.9. The first kappa shape index (κ1) is 21.1. The number of thiazole rings is 1. The van der Waals surface area contributed by atoms with Gasteiger partial charge in [0.05, 0.1) is 22.2 Å². The second-order valence-corrected chi connectivity index (χ2v) is 10.0. The van der Waals surface area contributed by atoms with Crippen LogP contribution in [0.1, 0.15) is 5.56 Å². The number of sulfonamides is 1. The zero-order valence-corrected chi connectivity index (χ0v) is 19.1.